The van der Waals surface area contributed by atoms with Crippen molar-refractivity contribution in [1.29, 1.82) is 0 Å². The van der Waals surface area contributed by atoms with Crippen LogP contribution < -0.4 is 4.74 Å². The van der Waals surface area contributed by atoms with Gasteiger partial charge in [-0.1, -0.05) is 11.6 Å². The first-order valence-corrected chi connectivity index (χ1v) is 13.8. The largest absolute Gasteiger partial charge is 0.497 e. The van der Waals surface area contributed by atoms with Gasteiger partial charge >= 0.3 is 0 Å². The number of aliphatic hydroxyl groups excluding tert-OH is 1. The van der Waals surface area contributed by atoms with E-state index in [1.807, 2.05) is 18.2 Å². The lowest BCUT2D eigenvalue weighted by Gasteiger charge is -2.41. The quantitative estimate of drug-likeness (QED) is 0.210. The first-order valence-electron chi connectivity index (χ1n) is 12.4. The number of hydrogen-bond acceptors (Lipinski definition) is 5. The van der Waals surface area contributed by atoms with E-state index in [4.69, 9.17) is 16.3 Å². The van der Waals surface area contributed by atoms with Crippen molar-refractivity contribution in [2.24, 2.45) is 5.41 Å². The number of rotatable bonds is 11. The highest BCUT2D eigenvalue weighted by Crippen LogP contribution is 2.42. The summed E-state index contributed by atoms with van der Waals surface area (Å²) < 4.78 is 33.9. The molecule has 0 radical (unpaired) electrons. The Morgan fingerprint density at radius 1 is 1.19 bits per heavy atom. The van der Waals surface area contributed by atoms with Gasteiger partial charge in [-0.3, -0.25) is 4.98 Å². The normalized spacial score (nSPS) is 16.8. The van der Waals surface area contributed by atoms with Crippen LogP contribution in [0.15, 0.2) is 53.6 Å². The topological polar surface area (TPSA) is 45.6 Å². The number of halogens is 3. The molecule has 4 rings (SSSR count). The Balaban J connectivity index is 1.29. The Hall–Kier alpha value is -1.93. The zero-order valence-corrected chi connectivity index (χ0v) is 22.1. The Morgan fingerprint density at radius 2 is 1.94 bits per heavy atom. The molecule has 1 saturated heterocycles. The van der Waals surface area contributed by atoms with Crippen LogP contribution in [0.1, 0.15) is 43.8 Å². The minimum atomic E-state index is -1.25. The molecule has 36 heavy (non-hydrogen) atoms. The van der Waals surface area contributed by atoms with Gasteiger partial charge in [0.25, 0.3) is 0 Å². The summed E-state index contributed by atoms with van der Waals surface area (Å²) in [7, 11) is 1.58. The van der Waals surface area contributed by atoms with Gasteiger partial charge in [0.1, 0.15) is 17.7 Å². The molecule has 2 heterocycles. The van der Waals surface area contributed by atoms with E-state index in [0.29, 0.717) is 40.1 Å². The number of piperidine rings is 1. The molecule has 0 spiro atoms. The van der Waals surface area contributed by atoms with Crippen LogP contribution >= 0.6 is 23.4 Å². The van der Waals surface area contributed by atoms with E-state index in [1.165, 1.54) is 18.3 Å². The predicted octanol–water partition coefficient (Wildman–Crippen LogP) is 7.08. The van der Waals surface area contributed by atoms with Gasteiger partial charge in [0.15, 0.2) is 0 Å². The first-order chi connectivity index (χ1) is 17.4. The fourth-order valence-corrected chi connectivity index (χ4v) is 6.04. The minimum absolute atomic E-state index is 0.0621. The summed E-state index contributed by atoms with van der Waals surface area (Å²) in [6.07, 6.45) is 3.89. The van der Waals surface area contributed by atoms with Crippen molar-refractivity contribution >= 4 is 34.3 Å². The van der Waals surface area contributed by atoms with Gasteiger partial charge in [-0.25, -0.2) is 8.78 Å². The second-order valence-corrected chi connectivity index (χ2v) is 11.1. The number of ether oxygens (including phenoxy) is 1. The molecule has 1 N–H and O–H groups in total. The van der Waals surface area contributed by atoms with E-state index in [1.54, 1.807) is 31.0 Å². The van der Waals surface area contributed by atoms with E-state index in [9.17, 15) is 9.50 Å². The second kappa shape index (κ2) is 12.5. The number of nitrogens with zero attached hydrogens (tertiary/aromatic N) is 2. The summed E-state index contributed by atoms with van der Waals surface area (Å²) in [6, 6.07) is 12.0. The maximum Gasteiger partial charge on any atom is 0.127 e. The molecule has 194 valence electrons. The number of hydrogen-bond donors (Lipinski definition) is 1. The molecule has 3 aromatic rings. The Morgan fingerprint density at radius 3 is 2.64 bits per heavy atom. The lowest BCUT2D eigenvalue weighted by atomic mass is 9.74. The van der Waals surface area contributed by atoms with Crippen molar-refractivity contribution in [3.63, 3.8) is 0 Å². The number of methoxy groups -OCH3 is 1. The van der Waals surface area contributed by atoms with Crippen molar-refractivity contribution in [2.75, 3.05) is 39.1 Å². The van der Waals surface area contributed by atoms with Gasteiger partial charge in [0, 0.05) is 28.6 Å². The Kier molecular flexibility index (Phi) is 9.45. The van der Waals surface area contributed by atoms with Crippen LogP contribution in [0.3, 0.4) is 0 Å². The summed E-state index contributed by atoms with van der Waals surface area (Å²) in [5.74, 6) is 1.40. The Bertz CT molecular complexity index is 1140. The van der Waals surface area contributed by atoms with Gasteiger partial charge in [-0.05, 0) is 105 Å². The number of aromatic nitrogens is 1. The van der Waals surface area contributed by atoms with E-state index < -0.39 is 6.17 Å². The van der Waals surface area contributed by atoms with Crippen LogP contribution in [0.25, 0.3) is 10.9 Å². The number of likely N-dealkylation sites (tertiary alicyclic amines) is 1. The molecule has 8 heteroatoms. The van der Waals surface area contributed by atoms with Gasteiger partial charge in [-0.2, -0.15) is 0 Å². The fraction of sp³-hybridized carbons (Fsp3) is 0.464. The van der Waals surface area contributed by atoms with E-state index >= 15 is 4.39 Å². The van der Waals surface area contributed by atoms with Crippen LogP contribution in [-0.4, -0.2) is 54.1 Å². The molecule has 1 aromatic heterocycles. The molecule has 0 aliphatic carbocycles. The summed E-state index contributed by atoms with van der Waals surface area (Å²) in [5, 5.41) is 11.2. The molecule has 0 unspecified atom stereocenters. The molecule has 0 saturated carbocycles. The van der Waals surface area contributed by atoms with Crippen molar-refractivity contribution in [3.05, 3.63) is 65.1 Å². The maximum absolute atomic E-state index is 15.6. The average Bonchev–Trinajstić information content (AvgIpc) is 2.91. The third kappa shape index (κ3) is 6.68. The molecule has 4 nitrogen and oxygen atoms in total. The van der Waals surface area contributed by atoms with Crippen molar-refractivity contribution in [3.8, 4) is 5.75 Å². The number of aliphatic hydroxyl groups is 1. The standard InChI is InChI=1S/C28H33ClF2N2O2S/c1-35-21-5-8-26-23(17-21)27(24(29)18-32-26)25(31)9-10-28(19-34)11-14-33(15-12-28)13-2-16-36-22-6-3-20(30)4-7-22/h3-8,17-18,25,34H,2,9-16,19H2,1H3/t25-/m0/s1. The summed E-state index contributed by atoms with van der Waals surface area (Å²) >= 11 is 8.13. The number of alkyl halides is 1. The number of benzene rings is 2. The van der Waals surface area contributed by atoms with E-state index in [-0.39, 0.29) is 17.8 Å². The molecular formula is C28H33ClF2N2O2S. The Labute approximate surface area is 221 Å². The number of pyridine rings is 1. The highest BCUT2D eigenvalue weighted by molar-refractivity contribution is 7.99. The number of thioether (sulfide) groups is 1. The zero-order chi connectivity index (χ0) is 25.5. The summed E-state index contributed by atoms with van der Waals surface area (Å²) in [4.78, 5) is 7.82. The van der Waals surface area contributed by atoms with E-state index in [0.717, 1.165) is 49.5 Å². The molecule has 0 bridgehead atoms. The maximum atomic E-state index is 15.6. The van der Waals surface area contributed by atoms with Crippen molar-refractivity contribution in [1.82, 2.24) is 9.88 Å². The molecule has 1 aliphatic rings. The average molecular weight is 535 g/mol. The van der Waals surface area contributed by atoms with Crippen LogP contribution in [0.4, 0.5) is 8.78 Å². The highest BCUT2D eigenvalue weighted by atomic mass is 35.5. The number of fused-ring (bicyclic) bond motifs is 1. The molecule has 1 atom stereocenters. The molecular weight excluding hydrogens is 502 g/mol. The van der Waals surface area contributed by atoms with Crippen molar-refractivity contribution in [2.45, 2.75) is 43.2 Å². The second-order valence-electron chi connectivity index (χ2n) is 9.56. The third-order valence-electron chi connectivity index (χ3n) is 7.26. The lowest BCUT2D eigenvalue weighted by molar-refractivity contribution is 0.0304. The van der Waals surface area contributed by atoms with Gasteiger partial charge in [-0.15, -0.1) is 11.8 Å². The molecule has 1 fully saturated rings. The molecule has 2 aromatic carbocycles. The van der Waals surface area contributed by atoms with Gasteiger partial charge in [0.05, 0.1) is 17.6 Å². The van der Waals surface area contributed by atoms with Crippen LogP contribution in [0.5, 0.6) is 5.75 Å². The SMILES string of the molecule is COc1ccc2ncc(Cl)c([C@@H](F)CCC3(CO)CCN(CCCSc4ccc(F)cc4)CC3)c2c1. The van der Waals surface area contributed by atoms with Gasteiger partial charge in [0.2, 0.25) is 0 Å². The van der Waals surface area contributed by atoms with Crippen LogP contribution in [0.2, 0.25) is 5.02 Å². The smallest absolute Gasteiger partial charge is 0.127 e. The first kappa shape index (κ1) is 27.1. The minimum Gasteiger partial charge on any atom is -0.497 e. The van der Waals surface area contributed by atoms with E-state index in [2.05, 4.69) is 9.88 Å². The van der Waals surface area contributed by atoms with Gasteiger partial charge < -0.3 is 14.7 Å². The predicted molar refractivity (Wildman–Crippen MR) is 143 cm³/mol. The molecule has 1 aliphatic heterocycles. The van der Waals surface area contributed by atoms with Crippen LogP contribution in [0, 0.1) is 11.2 Å². The summed E-state index contributed by atoms with van der Waals surface area (Å²) in [6.45, 7) is 2.85. The highest BCUT2D eigenvalue weighted by Gasteiger charge is 2.35. The molecule has 0 amide bonds. The lowest BCUT2D eigenvalue weighted by Crippen LogP contribution is -2.42. The fourth-order valence-electron chi connectivity index (χ4n) is 4.94. The van der Waals surface area contributed by atoms with Crippen LogP contribution in [-0.2, 0) is 0 Å². The zero-order valence-electron chi connectivity index (χ0n) is 20.6. The van der Waals surface area contributed by atoms with Crippen molar-refractivity contribution < 1.29 is 18.6 Å². The monoisotopic (exact) mass is 534 g/mol. The third-order valence-corrected chi connectivity index (χ3v) is 8.66. The summed E-state index contributed by atoms with van der Waals surface area (Å²) in [5.41, 5.74) is 0.863.